The average molecular weight is 361 g/mol. The second-order valence-corrected chi connectivity index (χ2v) is 8.96. The van der Waals surface area contributed by atoms with E-state index in [0.29, 0.717) is 17.3 Å². The van der Waals surface area contributed by atoms with Crippen LogP contribution < -0.4 is 0 Å². The van der Waals surface area contributed by atoms with Gasteiger partial charge in [0.2, 0.25) is 0 Å². The lowest BCUT2D eigenvalue weighted by atomic mass is 9.51. The van der Waals surface area contributed by atoms with Gasteiger partial charge in [-0.25, -0.2) is 0 Å². The number of benzene rings is 2. The van der Waals surface area contributed by atoms with Crippen LogP contribution in [0.5, 0.6) is 0 Å². The van der Waals surface area contributed by atoms with Crippen LogP contribution in [0.2, 0.25) is 0 Å². The van der Waals surface area contributed by atoms with Crippen LogP contribution >= 0.6 is 0 Å². The van der Waals surface area contributed by atoms with Crippen LogP contribution in [0.15, 0.2) is 54.6 Å². The van der Waals surface area contributed by atoms with Gasteiger partial charge >= 0.3 is 0 Å². The fourth-order valence-corrected chi connectivity index (χ4v) is 6.48. The Hall–Kier alpha value is -1.68. The molecule has 0 N–H and O–H groups in total. The Kier molecular flexibility index (Phi) is 3.56. The van der Waals surface area contributed by atoms with E-state index in [2.05, 4.69) is 59.5 Å². The first kappa shape index (κ1) is 16.3. The van der Waals surface area contributed by atoms with E-state index in [1.807, 2.05) is 0 Å². The van der Waals surface area contributed by atoms with Crippen molar-refractivity contribution in [1.82, 2.24) is 4.90 Å². The lowest BCUT2D eigenvalue weighted by molar-refractivity contribution is -0.218. The van der Waals surface area contributed by atoms with Crippen LogP contribution in [-0.4, -0.2) is 37.0 Å². The Bertz CT molecular complexity index is 844. The molecule has 0 aromatic heterocycles. The van der Waals surface area contributed by atoms with Crippen LogP contribution in [0.3, 0.4) is 0 Å². The summed E-state index contributed by atoms with van der Waals surface area (Å²) >= 11 is 0. The number of hydrogen-bond acceptors (Lipinski definition) is 3. The van der Waals surface area contributed by atoms with Gasteiger partial charge in [-0.1, -0.05) is 54.6 Å². The molecule has 3 aliphatic carbocycles. The summed E-state index contributed by atoms with van der Waals surface area (Å²) in [5.74, 6) is 0.590. The summed E-state index contributed by atoms with van der Waals surface area (Å²) in [4.78, 5) is 2.67. The molecule has 2 aromatic carbocycles. The summed E-state index contributed by atoms with van der Waals surface area (Å²) < 4.78 is 12.5. The Morgan fingerprint density at radius 1 is 0.852 bits per heavy atom. The largest absolute Gasteiger partial charge is 0.347 e. The molecular weight excluding hydrogens is 334 g/mol. The summed E-state index contributed by atoms with van der Waals surface area (Å²) in [5, 5.41) is 0. The summed E-state index contributed by atoms with van der Waals surface area (Å²) in [6.45, 7) is 4.97. The monoisotopic (exact) mass is 361 g/mol. The summed E-state index contributed by atoms with van der Waals surface area (Å²) in [5.41, 5.74) is 4.87. The first-order chi connectivity index (χ1) is 13.3. The van der Waals surface area contributed by atoms with E-state index in [4.69, 9.17) is 9.47 Å². The first-order valence-corrected chi connectivity index (χ1v) is 10.4. The summed E-state index contributed by atoms with van der Waals surface area (Å²) in [6, 6.07) is 20.0. The van der Waals surface area contributed by atoms with E-state index < -0.39 is 0 Å². The molecule has 140 valence electrons. The third kappa shape index (κ3) is 2.38. The van der Waals surface area contributed by atoms with Crippen molar-refractivity contribution in [1.29, 1.82) is 0 Å². The number of rotatable bonds is 2. The molecule has 0 amide bonds. The molecule has 3 fully saturated rings. The second-order valence-electron chi connectivity index (χ2n) is 8.96. The molecule has 2 aliphatic heterocycles. The number of hydrogen-bond donors (Lipinski definition) is 0. The molecule has 2 saturated heterocycles. The highest BCUT2D eigenvalue weighted by Gasteiger charge is 2.63. The topological polar surface area (TPSA) is 21.7 Å². The number of nitrogens with zero attached hydrogens (tertiary/aromatic N) is 1. The Morgan fingerprint density at radius 3 is 2.33 bits per heavy atom. The first-order valence-electron chi connectivity index (χ1n) is 10.4. The van der Waals surface area contributed by atoms with E-state index in [-0.39, 0.29) is 5.79 Å². The average Bonchev–Trinajstić information content (AvgIpc) is 3.32. The van der Waals surface area contributed by atoms with Crippen molar-refractivity contribution < 1.29 is 9.47 Å². The highest BCUT2D eigenvalue weighted by atomic mass is 16.7. The van der Waals surface area contributed by atoms with E-state index in [1.165, 1.54) is 37.1 Å². The normalized spacial score (nSPS) is 33.8. The highest BCUT2D eigenvalue weighted by Crippen LogP contribution is 2.66. The van der Waals surface area contributed by atoms with Crippen molar-refractivity contribution in [3.63, 3.8) is 0 Å². The van der Waals surface area contributed by atoms with Crippen LogP contribution in [0.1, 0.15) is 47.8 Å². The minimum absolute atomic E-state index is 0.350. The smallest absolute Gasteiger partial charge is 0.175 e. The van der Waals surface area contributed by atoms with Gasteiger partial charge in [0.15, 0.2) is 5.79 Å². The Morgan fingerprint density at radius 2 is 1.56 bits per heavy atom. The Balaban J connectivity index is 1.33. The van der Waals surface area contributed by atoms with Crippen LogP contribution in [-0.2, 0) is 16.0 Å². The molecular formula is C24H27NO2. The quantitative estimate of drug-likeness (QED) is 0.796. The van der Waals surface area contributed by atoms with Gasteiger partial charge in [0.1, 0.15) is 0 Å². The van der Waals surface area contributed by atoms with Gasteiger partial charge in [0.05, 0.1) is 13.2 Å². The fourth-order valence-electron chi connectivity index (χ4n) is 6.48. The van der Waals surface area contributed by atoms with Gasteiger partial charge in [-0.05, 0) is 47.4 Å². The third-order valence-electron chi connectivity index (χ3n) is 7.61. The molecule has 3 atom stereocenters. The van der Waals surface area contributed by atoms with Crippen molar-refractivity contribution in [3.8, 4) is 0 Å². The minimum atomic E-state index is -0.350. The molecule has 0 radical (unpaired) electrons. The predicted octanol–water partition coefficient (Wildman–Crippen LogP) is 4.30. The van der Waals surface area contributed by atoms with Crippen LogP contribution in [0.4, 0.5) is 0 Å². The van der Waals surface area contributed by atoms with Crippen LogP contribution in [0, 0.1) is 5.41 Å². The molecule has 27 heavy (non-hydrogen) atoms. The maximum Gasteiger partial charge on any atom is 0.175 e. The van der Waals surface area contributed by atoms with E-state index in [9.17, 15) is 0 Å². The maximum atomic E-state index is 6.26. The minimum Gasteiger partial charge on any atom is -0.347 e. The second kappa shape index (κ2) is 5.91. The van der Waals surface area contributed by atoms with Gasteiger partial charge in [-0.2, -0.15) is 0 Å². The van der Waals surface area contributed by atoms with Crippen molar-refractivity contribution in [2.24, 2.45) is 5.41 Å². The van der Waals surface area contributed by atoms with Gasteiger partial charge in [0.25, 0.3) is 0 Å². The molecule has 5 aliphatic rings. The molecule has 1 saturated carbocycles. The van der Waals surface area contributed by atoms with Gasteiger partial charge < -0.3 is 9.47 Å². The predicted molar refractivity (Wildman–Crippen MR) is 105 cm³/mol. The SMILES string of the molecule is c1ccc(CN2CC[C@@]3(C[C@@H]4c5ccccc5[C@H]3CC43OCCO3)C2)cc1. The van der Waals surface area contributed by atoms with E-state index in [0.717, 1.165) is 26.2 Å². The van der Waals surface area contributed by atoms with Crippen molar-refractivity contribution >= 4 is 0 Å². The summed E-state index contributed by atoms with van der Waals surface area (Å²) in [7, 11) is 0. The third-order valence-corrected chi connectivity index (χ3v) is 7.61. The van der Waals surface area contributed by atoms with Crippen molar-refractivity contribution in [2.75, 3.05) is 26.3 Å². The van der Waals surface area contributed by atoms with Crippen molar-refractivity contribution in [3.05, 3.63) is 71.3 Å². The lowest BCUT2D eigenvalue weighted by Crippen LogP contribution is -2.54. The molecule has 3 heteroatoms. The van der Waals surface area contributed by atoms with E-state index in [1.54, 1.807) is 5.56 Å². The zero-order valence-electron chi connectivity index (χ0n) is 15.8. The van der Waals surface area contributed by atoms with Gasteiger partial charge in [0, 0.05) is 25.4 Å². The van der Waals surface area contributed by atoms with Gasteiger partial charge in [-0.3, -0.25) is 4.90 Å². The van der Waals surface area contributed by atoms with Crippen LogP contribution in [0.25, 0.3) is 0 Å². The molecule has 3 nitrogen and oxygen atoms in total. The molecule has 0 unspecified atom stereocenters. The standard InChI is InChI=1S/C24H27NO2/c1-2-6-18(7-3-1)16-25-11-10-23(17-25)14-22-20-9-5-4-8-19(20)21(23)15-24(22)26-12-13-27-24/h1-9,21-22H,10-17H2/t21-,22-,23-/m1/s1. The lowest BCUT2D eigenvalue weighted by Gasteiger charge is -2.57. The fraction of sp³-hybridized carbons (Fsp3) is 0.500. The molecule has 2 aromatic rings. The maximum absolute atomic E-state index is 6.26. The highest BCUT2D eigenvalue weighted by molar-refractivity contribution is 5.44. The molecule has 2 spiro atoms. The zero-order valence-corrected chi connectivity index (χ0v) is 15.8. The summed E-state index contributed by atoms with van der Waals surface area (Å²) in [6.07, 6.45) is 3.54. The molecule has 7 rings (SSSR count). The molecule has 2 bridgehead atoms. The number of likely N-dealkylation sites (tertiary alicyclic amines) is 1. The zero-order chi connectivity index (χ0) is 17.9. The Labute approximate surface area is 161 Å². The van der Waals surface area contributed by atoms with Gasteiger partial charge in [-0.15, -0.1) is 0 Å². The number of ether oxygens (including phenoxy) is 2. The van der Waals surface area contributed by atoms with Crippen molar-refractivity contribution in [2.45, 2.75) is 43.4 Å². The molecule has 2 heterocycles. The van der Waals surface area contributed by atoms with E-state index >= 15 is 0 Å².